The van der Waals surface area contributed by atoms with Crippen LogP contribution in [0, 0.1) is 5.92 Å². The van der Waals surface area contributed by atoms with Gasteiger partial charge in [0, 0.05) is 18.4 Å². The summed E-state index contributed by atoms with van der Waals surface area (Å²) < 4.78 is 0. The minimum Gasteiger partial charge on any atom is -0.388 e. The van der Waals surface area contributed by atoms with Gasteiger partial charge < -0.3 is 15.4 Å². The maximum absolute atomic E-state index is 10.5. The van der Waals surface area contributed by atoms with Crippen molar-refractivity contribution in [1.29, 1.82) is 0 Å². The highest BCUT2D eigenvalue weighted by atomic mass is 16.3. The molecule has 4 nitrogen and oxygen atoms in total. The Hall–Kier alpha value is -1.39. The number of rotatable bonds is 3. The van der Waals surface area contributed by atoms with Crippen molar-refractivity contribution in [2.24, 2.45) is 5.92 Å². The molecule has 1 aromatic heterocycles. The minimum absolute atomic E-state index is 0.314. The lowest BCUT2D eigenvalue weighted by molar-refractivity contribution is 0.0923. The highest BCUT2D eigenvalue weighted by molar-refractivity contribution is 5.76. The number of imidazole rings is 1. The smallest absolute Gasteiger partial charge is 0.109 e. The summed E-state index contributed by atoms with van der Waals surface area (Å²) in [6.07, 6.45) is 1.84. The van der Waals surface area contributed by atoms with Crippen LogP contribution in [0.25, 0.3) is 11.0 Å². The Labute approximate surface area is 119 Å². The van der Waals surface area contributed by atoms with Gasteiger partial charge in [-0.15, -0.1) is 0 Å². The maximum Gasteiger partial charge on any atom is 0.109 e. The molecular formula is C16H23N3O. The molecule has 3 N–H and O–H groups in total. The highest BCUT2D eigenvalue weighted by Crippen LogP contribution is 2.29. The largest absolute Gasteiger partial charge is 0.388 e. The number of piperidine rings is 1. The summed E-state index contributed by atoms with van der Waals surface area (Å²) in [5, 5.41) is 13.9. The Kier molecular flexibility index (Phi) is 3.76. The fourth-order valence-corrected chi connectivity index (χ4v) is 2.92. The summed E-state index contributed by atoms with van der Waals surface area (Å²) in [5.41, 5.74) is 2.99. The maximum atomic E-state index is 10.5. The van der Waals surface area contributed by atoms with E-state index in [-0.39, 0.29) is 0 Å². The van der Waals surface area contributed by atoms with Gasteiger partial charge in [-0.3, -0.25) is 0 Å². The second-order valence-corrected chi connectivity index (χ2v) is 6.10. The van der Waals surface area contributed by atoms with Crippen LogP contribution in [0.15, 0.2) is 18.2 Å². The van der Waals surface area contributed by atoms with Crippen LogP contribution >= 0.6 is 0 Å². The van der Waals surface area contributed by atoms with Crippen molar-refractivity contribution in [1.82, 2.24) is 15.3 Å². The Morgan fingerprint density at radius 1 is 1.35 bits per heavy atom. The van der Waals surface area contributed by atoms with E-state index >= 15 is 0 Å². The SMILES string of the molecule is CC(C)c1nc2ccc(C(O)C3CCCNC3)cc2[nH]1. The first-order chi connectivity index (χ1) is 9.65. The van der Waals surface area contributed by atoms with Gasteiger partial charge in [0.15, 0.2) is 0 Å². The Morgan fingerprint density at radius 3 is 2.90 bits per heavy atom. The fourth-order valence-electron chi connectivity index (χ4n) is 2.92. The molecule has 0 amide bonds. The second kappa shape index (κ2) is 5.54. The number of hydrogen-bond acceptors (Lipinski definition) is 3. The zero-order chi connectivity index (χ0) is 14.1. The predicted octanol–water partition coefficient (Wildman–Crippen LogP) is 2.72. The van der Waals surface area contributed by atoms with Crippen molar-refractivity contribution in [3.8, 4) is 0 Å². The molecule has 3 rings (SSSR count). The van der Waals surface area contributed by atoms with Gasteiger partial charge in [-0.05, 0) is 37.1 Å². The average Bonchev–Trinajstić information content (AvgIpc) is 2.90. The van der Waals surface area contributed by atoms with E-state index in [1.807, 2.05) is 18.2 Å². The topological polar surface area (TPSA) is 60.9 Å². The molecular weight excluding hydrogens is 250 g/mol. The lowest BCUT2D eigenvalue weighted by Crippen LogP contribution is -2.33. The summed E-state index contributed by atoms with van der Waals surface area (Å²) in [6, 6.07) is 6.06. The summed E-state index contributed by atoms with van der Waals surface area (Å²) in [6.45, 7) is 6.22. The standard InChI is InChI=1S/C16H23N3O/c1-10(2)16-18-13-6-5-11(8-14(13)19-16)15(20)12-4-3-7-17-9-12/h5-6,8,10,12,15,17,20H,3-4,7,9H2,1-2H3,(H,18,19). The lowest BCUT2D eigenvalue weighted by Gasteiger charge is -2.27. The van der Waals surface area contributed by atoms with E-state index in [9.17, 15) is 5.11 Å². The summed E-state index contributed by atoms with van der Waals surface area (Å²) in [4.78, 5) is 7.93. The number of nitrogens with zero attached hydrogens (tertiary/aromatic N) is 1. The van der Waals surface area contributed by atoms with Gasteiger partial charge in [0.25, 0.3) is 0 Å². The molecule has 2 heterocycles. The van der Waals surface area contributed by atoms with Crippen LogP contribution in [0.4, 0.5) is 0 Å². The van der Waals surface area contributed by atoms with Crippen LogP contribution in [0.2, 0.25) is 0 Å². The van der Waals surface area contributed by atoms with Crippen LogP contribution in [0.3, 0.4) is 0 Å². The fraction of sp³-hybridized carbons (Fsp3) is 0.562. The van der Waals surface area contributed by atoms with Crippen LogP contribution in [-0.2, 0) is 0 Å². The first-order valence-corrected chi connectivity index (χ1v) is 7.53. The quantitative estimate of drug-likeness (QED) is 0.806. The Balaban J connectivity index is 1.87. The van der Waals surface area contributed by atoms with Crippen molar-refractivity contribution in [2.45, 2.75) is 38.7 Å². The molecule has 1 aliphatic rings. The number of aliphatic hydroxyl groups excluding tert-OH is 1. The monoisotopic (exact) mass is 273 g/mol. The minimum atomic E-state index is -0.391. The molecule has 0 bridgehead atoms. The van der Waals surface area contributed by atoms with E-state index in [2.05, 4.69) is 29.1 Å². The molecule has 2 unspecified atom stereocenters. The summed E-state index contributed by atoms with van der Waals surface area (Å²) in [5.74, 6) is 1.71. The molecule has 2 aromatic rings. The number of nitrogens with one attached hydrogen (secondary N) is 2. The first-order valence-electron chi connectivity index (χ1n) is 7.53. The van der Waals surface area contributed by atoms with Crippen LogP contribution < -0.4 is 5.32 Å². The molecule has 1 fully saturated rings. The van der Waals surface area contributed by atoms with Crippen LogP contribution in [0.1, 0.15) is 50.1 Å². The van der Waals surface area contributed by atoms with Gasteiger partial charge in [0.05, 0.1) is 17.1 Å². The van der Waals surface area contributed by atoms with Gasteiger partial charge in [0.1, 0.15) is 5.82 Å². The molecule has 4 heteroatoms. The zero-order valence-corrected chi connectivity index (χ0v) is 12.2. The third kappa shape index (κ3) is 2.58. The van der Waals surface area contributed by atoms with Gasteiger partial charge in [0.2, 0.25) is 0 Å². The molecule has 0 saturated carbocycles. The highest BCUT2D eigenvalue weighted by Gasteiger charge is 2.23. The molecule has 20 heavy (non-hydrogen) atoms. The van der Waals surface area contributed by atoms with E-state index in [4.69, 9.17) is 0 Å². The summed E-state index contributed by atoms with van der Waals surface area (Å²) >= 11 is 0. The van der Waals surface area contributed by atoms with Gasteiger partial charge in [-0.1, -0.05) is 19.9 Å². The number of benzene rings is 1. The number of fused-ring (bicyclic) bond motifs is 1. The molecule has 0 radical (unpaired) electrons. The lowest BCUT2D eigenvalue weighted by atomic mass is 9.89. The zero-order valence-electron chi connectivity index (χ0n) is 12.2. The molecule has 1 aliphatic heterocycles. The van der Waals surface area contributed by atoms with Crippen LogP contribution in [0.5, 0.6) is 0 Å². The molecule has 1 saturated heterocycles. The van der Waals surface area contributed by atoms with E-state index < -0.39 is 6.10 Å². The second-order valence-electron chi connectivity index (χ2n) is 6.10. The third-order valence-corrected chi connectivity index (χ3v) is 4.19. The normalized spacial score (nSPS) is 21.5. The summed E-state index contributed by atoms with van der Waals surface area (Å²) in [7, 11) is 0. The number of hydrogen-bond donors (Lipinski definition) is 3. The molecule has 0 aliphatic carbocycles. The van der Waals surface area contributed by atoms with E-state index in [1.54, 1.807) is 0 Å². The van der Waals surface area contributed by atoms with Crippen molar-refractivity contribution in [3.05, 3.63) is 29.6 Å². The third-order valence-electron chi connectivity index (χ3n) is 4.19. The van der Waals surface area contributed by atoms with Gasteiger partial charge >= 0.3 is 0 Å². The number of aliphatic hydroxyl groups is 1. The first kappa shape index (κ1) is 13.6. The van der Waals surface area contributed by atoms with Crippen molar-refractivity contribution < 1.29 is 5.11 Å². The van der Waals surface area contributed by atoms with Crippen molar-refractivity contribution in [3.63, 3.8) is 0 Å². The van der Waals surface area contributed by atoms with E-state index in [1.165, 1.54) is 0 Å². The van der Waals surface area contributed by atoms with E-state index in [0.717, 1.165) is 48.4 Å². The molecule has 0 spiro atoms. The Bertz CT molecular complexity index is 584. The van der Waals surface area contributed by atoms with E-state index in [0.29, 0.717) is 11.8 Å². The Morgan fingerprint density at radius 2 is 2.20 bits per heavy atom. The van der Waals surface area contributed by atoms with Crippen LogP contribution in [-0.4, -0.2) is 28.2 Å². The van der Waals surface area contributed by atoms with Crippen molar-refractivity contribution in [2.75, 3.05) is 13.1 Å². The average molecular weight is 273 g/mol. The van der Waals surface area contributed by atoms with Crippen molar-refractivity contribution >= 4 is 11.0 Å². The number of aromatic amines is 1. The van der Waals surface area contributed by atoms with Gasteiger partial charge in [-0.2, -0.15) is 0 Å². The number of aromatic nitrogens is 2. The van der Waals surface area contributed by atoms with Gasteiger partial charge in [-0.25, -0.2) is 4.98 Å². The molecule has 1 aromatic carbocycles. The molecule has 2 atom stereocenters. The number of H-pyrrole nitrogens is 1. The molecule has 108 valence electrons. The predicted molar refractivity (Wildman–Crippen MR) is 80.7 cm³/mol.